The zero-order valence-corrected chi connectivity index (χ0v) is 12.0. The average molecular weight is 321 g/mol. The van der Waals surface area contributed by atoms with Crippen molar-refractivity contribution in [2.45, 2.75) is 12.5 Å². The Hall–Kier alpha value is -2.12. The van der Waals surface area contributed by atoms with Crippen molar-refractivity contribution in [2.24, 2.45) is 0 Å². The highest BCUT2D eigenvalue weighted by atomic mass is 35.5. The predicted octanol–water partition coefficient (Wildman–Crippen LogP) is 0.973. The number of halogens is 1. The maximum atomic E-state index is 10.3. The Labute approximate surface area is 126 Å². The number of aliphatic carboxylic acids is 2. The molecule has 0 aromatic carbocycles. The first kappa shape index (κ1) is 21.2. The van der Waals surface area contributed by atoms with E-state index in [1.807, 2.05) is 0 Å². The average Bonchev–Trinajstić information content (AvgIpc) is 2.44. The highest BCUT2D eigenvalue weighted by molar-refractivity contribution is 6.18. The van der Waals surface area contributed by atoms with Gasteiger partial charge in [0, 0.05) is 17.7 Å². The van der Waals surface area contributed by atoms with E-state index in [1.54, 1.807) is 0 Å². The van der Waals surface area contributed by atoms with Crippen LogP contribution in [-0.4, -0.2) is 51.8 Å². The Balaban J connectivity index is 0. The van der Waals surface area contributed by atoms with E-state index in [-0.39, 0.29) is 24.5 Å². The number of esters is 1. The molecular formula is C13H17ClO7. The number of allylic oxidation sites excluding steroid dienone is 1. The van der Waals surface area contributed by atoms with Gasteiger partial charge in [-0.1, -0.05) is 19.2 Å². The molecule has 1 unspecified atom stereocenters. The van der Waals surface area contributed by atoms with Crippen molar-refractivity contribution in [3.05, 3.63) is 37.0 Å². The van der Waals surface area contributed by atoms with Gasteiger partial charge in [0.2, 0.25) is 0 Å². The largest absolute Gasteiger partial charge is 0.478 e. The lowest BCUT2D eigenvalue weighted by Crippen LogP contribution is -2.18. The summed E-state index contributed by atoms with van der Waals surface area (Å²) in [6.07, 6.45) is 2.42. The van der Waals surface area contributed by atoms with Crippen molar-refractivity contribution < 1.29 is 34.4 Å². The Morgan fingerprint density at radius 2 is 1.86 bits per heavy atom. The second kappa shape index (κ2) is 12.9. The second-order valence-corrected chi connectivity index (χ2v) is 3.80. The van der Waals surface area contributed by atoms with Gasteiger partial charge in [-0.25, -0.2) is 14.4 Å². The fourth-order valence-corrected chi connectivity index (χ4v) is 0.760. The molecule has 0 spiro atoms. The smallest absolute Gasteiger partial charge is 0.331 e. The van der Waals surface area contributed by atoms with E-state index in [0.717, 1.165) is 12.2 Å². The lowest BCUT2D eigenvalue weighted by Gasteiger charge is -2.04. The molecule has 1 atom stereocenters. The van der Waals surface area contributed by atoms with Crippen molar-refractivity contribution in [2.75, 3.05) is 12.5 Å². The molecule has 0 saturated carbocycles. The van der Waals surface area contributed by atoms with Gasteiger partial charge in [0.25, 0.3) is 0 Å². The van der Waals surface area contributed by atoms with E-state index < -0.39 is 24.0 Å². The standard InChI is InChI=1S/C7H8O4.C6H9ClO3/c1-5(7(10)11)3-2-4-6(8)9;1-2-6(9)10-4-5(8)3-7/h2,4H,1,3H2,(H,8,9)(H,10,11);2,5,8H,1,3-4H2. The Morgan fingerprint density at radius 1 is 1.29 bits per heavy atom. The van der Waals surface area contributed by atoms with E-state index in [1.165, 1.54) is 6.08 Å². The molecule has 0 bridgehead atoms. The molecule has 0 aliphatic carbocycles. The van der Waals surface area contributed by atoms with Crippen LogP contribution < -0.4 is 0 Å². The van der Waals surface area contributed by atoms with Gasteiger partial charge in [-0.2, -0.15) is 0 Å². The van der Waals surface area contributed by atoms with Crippen LogP contribution in [0.1, 0.15) is 6.42 Å². The van der Waals surface area contributed by atoms with Crippen LogP contribution in [0.25, 0.3) is 0 Å². The SMILES string of the molecule is C=C(CC=CC(=O)O)C(=O)O.C=CC(=O)OCC(O)CCl. The maximum absolute atomic E-state index is 10.3. The minimum atomic E-state index is -1.11. The zero-order valence-electron chi connectivity index (χ0n) is 11.2. The van der Waals surface area contributed by atoms with Gasteiger partial charge in [0.1, 0.15) is 12.7 Å². The molecule has 7 nitrogen and oxygen atoms in total. The summed E-state index contributed by atoms with van der Waals surface area (Å²) in [5.41, 5.74) is -0.0255. The van der Waals surface area contributed by atoms with Crippen LogP contribution in [0.2, 0.25) is 0 Å². The molecule has 21 heavy (non-hydrogen) atoms. The van der Waals surface area contributed by atoms with Gasteiger partial charge in [0.15, 0.2) is 0 Å². The number of carbonyl (C=O) groups excluding carboxylic acids is 1. The quantitative estimate of drug-likeness (QED) is 0.346. The number of rotatable bonds is 8. The number of carboxylic acid groups (broad SMARTS) is 2. The van der Waals surface area contributed by atoms with Crippen LogP contribution in [0.3, 0.4) is 0 Å². The van der Waals surface area contributed by atoms with Crippen molar-refractivity contribution in [3.63, 3.8) is 0 Å². The van der Waals surface area contributed by atoms with Gasteiger partial charge in [-0.15, -0.1) is 11.6 Å². The summed E-state index contributed by atoms with van der Waals surface area (Å²) in [7, 11) is 0. The van der Waals surface area contributed by atoms with Crippen LogP contribution in [0, 0.1) is 0 Å². The molecular weight excluding hydrogens is 304 g/mol. The fraction of sp³-hybridized carbons (Fsp3) is 0.308. The van der Waals surface area contributed by atoms with Gasteiger partial charge in [0.05, 0.1) is 5.88 Å². The topological polar surface area (TPSA) is 121 Å². The van der Waals surface area contributed by atoms with E-state index in [4.69, 9.17) is 26.9 Å². The summed E-state index contributed by atoms with van der Waals surface area (Å²) < 4.78 is 4.45. The minimum absolute atomic E-state index is 0.0255. The molecule has 0 amide bonds. The van der Waals surface area contributed by atoms with E-state index >= 15 is 0 Å². The number of alkyl halides is 1. The van der Waals surface area contributed by atoms with E-state index in [2.05, 4.69) is 17.9 Å². The molecule has 0 aliphatic heterocycles. The van der Waals surface area contributed by atoms with Gasteiger partial charge in [-0.3, -0.25) is 0 Å². The lowest BCUT2D eigenvalue weighted by molar-refractivity contribution is -0.140. The molecule has 8 heteroatoms. The highest BCUT2D eigenvalue weighted by Crippen LogP contribution is 1.98. The molecule has 0 aromatic rings. The van der Waals surface area contributed by atoms with Crippen LogP contribution in [-0.2, 0) is 19.1 Å². The van der Waals surface area contributed by atoms with Crippen molar-refractivity contribution in [3.8, 4) is 0 Å². The molecule has 0 rings (SSSR count). The maximum Gasteiger partial charge on any atom is 0.331 e. The molecule has 118 valence electrons. The number of aliphatic hydroxyl groups excluding tert-OH is 1. The van der Waals surface area contributed by atoms with Crippen LogP contribution in [0.15, 0.2) is 37.0 Å². The first-order valence-corrected chi connectivity index (χ1v) is 6.11. The summed E-state index contributed by atoms with van der Waals surface area (Å²) >= 11 is 5.21. The van der Waals surface area contributed by atoms with Crippen molar-refractivity contribution in [1.82, 2.24) is 0 Å². The predicted molar refractivity (Wildman–Crippen MR) is 76.1 cm³/mol. The summed E-state index contributed by atoms with van der Waals surface area (Å²) in [6, 6.07) is 0. The third kappa shape index (κ3) is 15.8. The second-order valence-electron chi connectivity index (χ2n) is 3.50. The molecule has 0 aromatic heterocycles. The Morgan fingerprint density at radius 3 is 2.24 bits per heavy atom. The normalized spacial score (nSPS) is 11.0. The molecule has 0 fully saturated rings. The summed E-state index contributed by atoms with van der Waals surface area (Å²) in [5.74, 6) is -2.70. The fourth-order valence-electron chi connectivity index (χ4n) is 0.671. The van der Waals surface area contributed by atoms with Crippen molar-refractivity contribution in [1.29, 1.82) is 0 Å². The highest BCUT2D eigenvalue weighted by Gasteiger charge is 2.03. The van der Waals surface area contributed by atoms with E-state index in [0.29, 0.717) is 0 Å². The number of aliphatic hydroxyl groups is 1. The molecule has 0 radical (unpaired) electrons. The molecule has 0 aliphatic rings. The first-order valence-electron chi connectivity index (χ1n) is 5.58. The van der Waals surface area contributed by atoms with Gasteiger partial charge >= 0.3 is 17.9 Å². The Kier molecular flexibility index (Phi) is 13.0. The van der Waals surface area contributed by atoms with Crippen LogP contribution >= 0.6 is 11.6 Å². The van der Waals surface area contributed by atoms with Crippen LogP contribution in [0.5, 0.6) is 0 Å². The van der Waals surface area contributed by atoms with E-state index in [9.17, 15) is 14.4 Å². The summed E-state index contributed by atoms with van der Waals surface area (Å²) in [5, 5.41) is 25.1. The number of carboxylic acids is 2. The summed E-state index contributed by atoms with van der Waals surface area (Å²) in [4.78, 5) is 30.3. The lowest BCUT2D eigenvalue weighted by atomic mass is 10.2. The van der Waals surface area contributed by atoms with Crippen LogP contribution in [0.4, 0.5) is 0 Å². The first-order chi connectivity index (χ1) is 9.74. The minimum Gasteiger partial charge on any atom is -0.478 e. The molecule has 0 heterocycles. The number of hydrogen-bond acceptors (Lipinski definition) is 5. The number of carbonyl (C=O) groups is 3. The zero-order chi connectivity index (χ0) is 16.8. The van der Waals surface area contributed by atoms with Crippen molar-refractivity contribution >= 4 is 29.5 Å². The number of ether oxygens (including phenoxy) is 1. The third-order valence-corrected chi connectivity index (χ3v) is 2.05. The van der Waals surface area contributed by atoms with Gasteiger partial charge < -0.3 is 20.1 Å². The number of hydrogen-bond donors (Lipinski definition) is 3. The molecule has 3 N–H and O–H groups in total. The van der Waals surface area contributed by atoms with Gasteiger partial charge in [-0.05, 0) is 6.42 Å². The Bertz CT molecular complexity index is 415. The monoisotopic (exact) mass is 320 g/mol. The summed E-state index contributed by atoms with van der Waals surface area (Å²) in [6.45, 7) is 6.31. The third-order valence-electron chi connectivity index (χ3n) is 1.69. The molecule has 0 saturated heterocycles.